The Morgan fingerprint density at radius 2 is 2.22 bits per heavy atom. The van der Waals surface area contributed by atoms with Crippen LogP contribution < -0.4 is 5.32 Å². The minimum Gasteiger partial charge on any atom is -0.348 e. The highest BCUT2D eigenvalue weighted by Gasteiger charge is 2.12. The van der Waals surface area contributed by atoms with Crippen LogP contribution in [-0.4, -0.2) is 37.2 Å². The molecule has 0 aliphatic rings. The van der Waals surface area contributed by atoms with Crippen molar-refractivity contribution in [1.29, 1.82) is 0 Å². The predicted molar refractivity (Wildman–Crippen MR) is 103 cm³/mol. The number of para-hydroxylation sites is 1. The summed E-state index contributed by atoms with van der Waals surface area (Å²) in [6.45, 7) is 0.410. The van der Waals surface area contributed by atoms with Gasteiger partial charge in [-0.3, -0.25) is 14.5 Å². The summed E-state index contributed by atoms with van der Waals surface area (Å²) in [6.07, 6.45) is 5.75. The molecular weight excluding hydrogens is 364 g/mol. The second-order valence-corrected chi connectivity index (χ2v) is 6.32. The summed E-state index contributed by atoms with van der Waals surface area (Å²) in [4.78, 5) is 23.6. The van der Waals surface area contributed by atoms with Crippen molar-refractivity contribution in [1.82, 2.24) is 30.0 Å². The predicted octanol–water partition coefficient (Wildman–Crippen LogP) is 2.67. The maximum Gasteiger partial charge on any atom is 0.287 e. The van der Waals surface area contributed by atoms with Gasteiger partial charge in [0, 0.05) is 31.6 Å². The fraction of sp³-hybridized carbons (Fsp3) is 0.158. The van der Waals surface area contributed by atoms with Crippen LogP contribution in [0.2, 0.25) is 5.02 Å². The van der Waals surface area contributed by atoms with Crippen molar-refractivity contribution in [3.63, 3.8) is 0 Å². The number of carbonyl (C=O) groups is 1. The number of benzene rings is 1. The zero-order valence-electron chi connectivity index (χ0n) is 14.5. The third-order valence-corrected chi connectivity index (χ3v) is 4.42. The number of nitrogens with one attached hydrogen (secondary N) is 2. The molecular formula is C19H15ClN6O. The van der Waals surface area contributed by atoms with Crippen LogP contribution in [0.5, 0.6) is 0 Å². The third-order valence-electron chi connectivity index (χ3n) is 4.11. The second-order valence-electron chi connectivity index (χ2n) is 5.92. The summed E-state index contributed by atoms with van der Waals surface area (Å²) in [5.41, 5.74) is 3.06. The molecule has 0 saturated heterocycles. The van der Waals surface area contributed by atoms with Crippen LogP contribution in [0.4, 0.5) is 0 Å². The highest BCUT2D eigenvalue weighted by atomic mass is 35.5. The number of fused-ring (bicyclic) bond motifs is 2. The van der Waals surface area contributed by atoms with Gasteiger partial charge in [0.1, 0.15) is 5.52 Å². The fourth-order valence-corrected chi connectivity index (χ4v) is 2.96. The van der Waals surface area contributed by atoms with E-state index in [1.165, 1.54) is 0 Å². The summed E-state index contributed by atoms with van der Waals surface area (Å²) in [6, 6.07) is 5.36. The van der Waals surface area contributed by atoms with Gasteiger partial charge in [0.2, 0.25) is 0 Å². The Morgan fingerprint density at radius 1 is 1.33 bits per heavy atom. The molecule has 0 saturated carbocycles. The Labute approximate surface area is 159 Å². The molecule has 2 N–H and O–H groups in total. The molecule has 0 aliphatic carbocycles. The van der Waals surface area contributed by atoms with Crippen molar-refractivity contribution in [2.75, 3.05) is 6.54 Å². The summed E-state index contributed by atoms with van der Waals surface area (Å²) in [7, 11) is 1.86. The quantitative estimate of drug-likeness (QED) is 0.423. The molecule has 8 heteroatoms. The van der Waals surface area contributed by atoms with E-state index in [2.05, 4.69) is 37.2 Å². The van der Waals surface area contributed by atoms with Crippen LogP contribution in [0.15, 0.2) is 36.8 Å². The molecule has 1 amide bonds. The monoisotopic (exact) mass is 378 g/mol. The van der Waals surface area contributed by atoms with Crippen molar-refractivity contribution in [3.05, 3.63) is 53.2 Å². The number of amides is 1. The molecule has 27 heavy (non-hydrogen) atoms. The molecule has 134 valence electrons. The Bertz CT molecular complexity index is 1210. The van der Waals surface area contributed by atoms with Crippen molar-refractivity contribution in [3.8, 4) is 11.8 Å². The van der Waals surface area contributed by atoms with Gasteiger partial charge in [0.05, 0.1) is 34.0 Å². The molecule has 0 atom stereocenters. The van der Waals surface area contributed by atoms with Gasteiger partial charge in [-0.1, -0.05) is 29.5 Å². The first-order chi connectivity index (χ1) is 13.1. The number of halogens is 1. The molecule has 3 aromatic heterocycles. The van der Waals surface area contributed by atoms with Gasteiger partial charge in [-0.15, -0.1) is 0 Å². The molecule has 4 aromatic rings. The number of carbonyl (C=O) groups excluding carboxylic acids is 1. The standard InChI is InChI=1S/C19H15ClN6O/c1-26-16-11-21-9-12(13(16)10-23-26)5-2-3-8-22-19(27)18-24-15-7-4-6-14(20)17(15)25-18/h4,6-7,9-11H,3,8H2,1H3,(H,22,27)(H,24,25). The number of aromatic nitrogens is 5. The van der Waals surface area contributed by atoms with Crippen molar-refractivity contribution in [2.45, 2.75) is 6.42 Å². The van der Waals surface area contributed by atoms with Gasteiger partial charge in [0.15, 0.2) is 5.82 Å². The third kappa shape index (κ3) is 3.35. The minimum atomic E-state index is -0.292. The first-order valence-electron chi connectivity index (χ1n) is 8.30. The molecule has 7 nitrogen and oxygen atoms in total. The molecule has 0 radical (unpaired) electrons. The molecule has 0 spiro atoms. The molecule has 3 heterocycles. The molecule has 0 fully saturated rings. The Morgan fingerprint density at radius 3 is 3.07 bits per heavy atom. The highest BCUT2D eigenvalue weighted by Crippen LogP contribution is 2.20. The van der Waals surface area contributed by atoms with E-state index >= 15 is 0 Å². The molecule has 4 rings (SSSR count). The maximum atomic E-state index is 12.2. The first-order valence-corrected chi connectivity index (χ1v) is 8.68. The van der Waals surface area contributed by atoms with Crippen LogP contribution in [0.3, 0.4) is 0 Å². The van der Waals surface area contributed by atoms with Crippen molar-refractivity contribution in [2.24, 2.45) is 7.05 Å². The Balaban J connectivity index is 1.39. The number of pyridine rings is 1. The Kier molecular flexibility index (Phi) is 4.48. The molecule has 1 aromatic carbocycles. The SMILES string of the molecule is Cn1ncc2c(C#CCCNC(=O)c3nc4c(Cl)cccc4[nH]3)cncc21. The summed E-state index contributed by atoms with van der Waals surface area (Å²) < 4.78 is 1.76. The average Bonchev–Trinajstić information content (AvgIpc) is 3.27. The van der Waals surface area contributed by atoms with Crippen LogP contribution >= 0.6 is 11.6 Å². The number of aryl methyl sites for hydroxylation is 1. The number of nitrogens with zero attached hydrogens (tertiary/aromatic N) is 4. The average molecular weight is 379 g/mol. The lowest BCUT2D eigenvalue weighted by Gasteiger charge is -1.99. The summed E-state index contributed by atoms with van der Waals surface area (Å²) in [5.74, 6) is 6.08. The highest BCUT2D eigenvalue weighted by molar-refractivity contribution is 6.35. The van der Waals surface area contributed by atoms with Gasteiger partial charge in [-0.2, -0.15) is 5.10 Å². The minimum absolute atomic E-state index is 0.232. The van der Waals surface area contributed by atoms with E-state index in [-0.39, 0.29) is 11.7 Å². The van der Waals surface area contributed by atoms with Gasteiger partial charge in [-0.25, -0.2) is 4.98 Å². The smallest absolute Gasteiger partial charge is 0.287 e. The van der Waals surface area contributed by atoms with E-state index < -0.39 is 0 Å². The van der Waals surface area contributed by atoms with E-state index in [4.69, 9.17) is 11.6 Å². The first kappa shape index (κ1) is 17.1. The zero-order chi connectivity index (χ0) is 18.8. The number of hydrogen-bond donors (Lipinski definition) is 2. The number of imidazole rings is 1. The summed E-state index contributed by atoms with van der Waals surface area (Å²) >= 11 is 6.08. The number of hydrogen-bond acceptors (Lipinski definition) is 4. The van der Waals surface area contributed by atoms with Crippen molar-refractivity contribution < 1.29 is 4.79 Å². The van der Waals surface area contributed by atoms with Gasteiger partial charge in [-0.05, 0) is 12.1 Å². The van der Waals surface area contributed by atoms with Gasteiger partial charge in [0.25, 0.3) is 5.91 Å². The topological polar surface area (TPSA) is 88.5 Å². The number of rotatable bonds is 3. The normalized spacial score (nSPS) is 10.7. The second kappa shape index (κ2) is 7.09. The largest absolute Gasteiger partial charge is 0.348 e. The molecule has 0 unspecified atom stereocenters. The lowest BCUT2D eigenvalue weighted by molar-refractivity contribution is 0.0945. The van der Waals surface area contributed by atoms with E-state index in [1.54, 1.807) is 35.4 Å². The molecule has 0 aliphatic heterocycles. The Hall–Kier alpha value is -3.37. The number of aromatic amines is 1. The van der Waals surface area contributed by atoms with Crippen molar-refractivity contribution >= 4 is 39.4 Å². The zero-order valence-corrected chi connectivity index (χ0v) is 15.2. The maximum absolute atomic E-state index is 12.2. The molecule has 0 bridgehead atoms. The van der Waals surface area contributed by atoms with Gasteiger partial charge >= 0.3 is 0 Å². The number of H-pyrrole nitrogens is 1. The van der Waals surface area contributed by atoms with E-state index in [0.29, 0.717) is 23.5 Å². The lowest BCUT2D eigenvalue weighted by atomic mass is 10.2. The van der Waals surface area contributed by atoms with E-state index in [1.807, 2.05) is 13.1 Å². The van der Waals surface area contributed by atoms with Crippen LogP contribution in [-0.2, 0) is 7.05 Å². The van der Waals surface area contributed by atoms with E-state index in [9.17, 15) is 4.79 Å². The van der Waals surface area contributed by atoms with Crippen LogP contribution in [0.25, 0.3) is 21.9 Å². The van der Waals surface area contributed by atoms with Gasteiger partial charge < -0.3 is 10.3 Å². The summed E-state index contributed by atoms with van der Waals surface area (Å²) in [5, 5.41) is 8.48. The van der Waals surface area contributed by atoms with Crippen LogP contribution in [0.1, 0.15) is 22.6 Å². The lowest BCUT2D eigenvalue weighted by Crippen LogP contribution is -2.25. The van der Waals surface area contributed by atoms with Crippen LogP contribution in [0, 0.1) is 11.8 Å². The van der Waals surface area contributed by atoms with E-state index in [0.717, 1.165) is 22.0 Å². The fourth-order valence-electron chi connectivity index (χ4n) is 2.74.